The number of hydrogen-bond donors (Lipinski definition) is 2. The molecule has 0 bridgehead atoms. The zero-order valence-electron chi connectivity index (χ0n) is 12.3. The van der Waals surface area contributed by atoms with Crippen LogP contribution in [0.5, 0.6) is 5.75 Å². The number of para-hydroxylation sites is 1. The summed E-state index contributed by atoms with van der Waals surface area (Å²) in [6, 6.07) is 7.72. The summed E-state index contributed by atoms with van der Waals surface area (Å²) in [4.78, 5) is 12.3. The third-order valence-electron chi connectivity index (χ3n) is 4.05. The van der Waals surface area contributed by atoms with Crippen molar-refractivity contribution in [3.8, 4) is 5.75 Å². The molecule has 4 nitrogen and oxygen atoms in total. The van der Waals surface area contributed by atoms with Crippen LogP contribution in [0.1, 0.15) is 32.6 Å². The Balaban J connectivity index is 1.91. The molecule has 3 atom stereocenters. The fourth-order valence-electron chi connectivity index (χ4n) is 2.76. The van der Waals surface area contributed by atoms with Gasteiger partial charge in [0, 0.05) is 6.04 Å². The Morgan fingerprint density at radius 1 is 1.43 bits per heavy atom. The average Bonchev–Trinajstić information content (AvgIpc) is 2.50. The molecule has 0 aromatic heterocycles. The highest BCUT2D eigenvalue weighted by atomic mass is 79.9. The highest BCUT2D eigenvalue weighted by Crippen LogP contribution is 2.26. The number of amides is 1. The summed E-state index contributed by atoms with van der Waals surface area (Å²) in [5.41, 5.74) is 5.80. The van der Waals surface area contributed by atoms with Crippen LogP contribution in [0.15, 0.2) is 28.7 Å². The fraction of sp³-hybridized carbons (Fsp3) is 0.562. The molecule has 0 heterocycles. The molecular weight excluding hydrogens is 332 g/mol. The summed E-state index contributed by atoms with van der Waals surface area (Å²) in [6.07, 6.45) is 3.94. The second kappa shape index (κ2) is 7.80. The van der Waals surface area contributed by atoms with Gasteiger partial charge in [-0.15, -0.1) is 0 Å². The molecule has 3 N–H and O–H groups in total. The fourth-order valence-corrected chi connectivity index (χ4v) is 3.14. The van der Waals surface area contributed by atoms with Gasteiger partial charge in [-0.05, 0) is 60.3 Å². The lowest BCUT2D eigenvalue weighted by Crippen LogP contribution is -2.48. The quantitative estimate of drug-likeness (QED) is 0.854. The number of benzene rings is 1. The topological polar surface area (TPSA) is 64.3 Å². The third kappa shape index (κ3) is 4.45. The molecule has 0 aliphatic heterocycles. The van der Waals surface area contributed by atoms with E-state index in [1.165, 1.54) is 6.42 Å². The maximum absolute atomic E-state index is 12.3. The van der Waals surface area contributed by atoms with Crippen molar-refractivity contribution in [2.75, 3.05) is 6.54 Å². The summed E-state index contributed by atoms with van der Waals surface area (Å²) in [5.74, 6) is 0.994. The SMILES string of the molecule is CC(Oc1ccccc1Br)C(=O)NC1CCCCC1CN. The molecule has 1 aliphatic carbocycles. The van der Waals surface area contributed by atoms with Crippen molar-refractivity contribution in [1.29, 1.82) is 0 Å². The molecule has 0 saturated heterocycles. The molecule has 1 aromatic rings. The van der Waals surface area contributed by atoms with Gasteiger partial charge in [0.15, 0.2) is 6.10 Å². The Hall–Kier alpha value is -1.07. The van der Waals surface area contributed by atoms with Crippen molar-refractivity contribution in [2.24, 2.45) is 11.7 Å². The number of carbonyl (C=O) groups excluding carboxylic acids is 1. The summed E-state index contributed by atoms with van der Waals surface area (Å²) in [6.45, 7) is 2.40. The lowest BCUT2D eigenvalue weighted by Gasteiger charge is -2.32. The number of rotatable bonds is 5. The van der Waals surface area contributed by atoms with Gasteiger partial charge >= 0.3 is 0 Å². The Kier molecular flexibility index (Phi) is 6.06. The monoisotopic (exact) mass is 354 g/mol. The van der Waals surface area contributed by atoms with E-state index in [0.717, 1.165) is 23.7 Å². The number of halogens is 1. The summed E-state index contributed by atoms with van der Waals surface area (Å²) >= 11 is 3.42. The molecule has 2 rings (SSSR count). The molecule has 1 amide bonds. The van der Waals surface area contributed by atoms with Crippen LogP contribution in [0.2, 0.25) is 0 Å². The molecule has 1 saturated carbocycles. The van der Waals surface area contributed by atoms with E-state index in [1.54, 1.807) is 6.92 Å². The van der Waals surface area contributed by atoms with Crippen molar-refractivity contribution >= 4 is 21.8 Å². The molecule has 116 valence electrons. The van der Waals surface area contributed by atoms with Gasteiger partial charge in [-0.3, -0.25) is 4.79 Å². The van der Waals surface area contributed by atoms with Crippen LogP contribution in [0, 0.1) is 5.92 Å². The number of hydrogen-bond acceptors (Lipinski definition) is 3. The van der Waals surface area contributed by atoms with Crippen molar-refractivity contribution in [3.63, 3.8) is 0 Å². The Bertz CT molecular complexity index is 481. The molecule has 0 radical (unpaired) electrons. The molecule has 1 fully saturated rings. The second-order valence-electron chi connectivity index (χ2n) is 5.59. The minimum absolute atomic E-state index is 0.0731. The number of nitrogens with two attached hydrogens (primary N) is 1. The van der Waals surface area contributed by atoms with Crippen LogP contribution in [-0.2, 0) is 4.79 Å². The minimum Gasteiger partial charge on any atom is -0.480 e. The van der Waals surface area contributed by atoms with E-state index in [1.807, 2.05) is 24.3 Å². The standard InChI is InChI=1S/C16H23BrN2O2/c1-11(21-15-9-5-3-7-13(15)17)16(20)19-14-8-4-2-6-12(14)10-18/h3,5,7,9,11-12,14H,2,4,6,8,10,18H2,1H3,(H,19,20). The number of carbonyl (C=O) groups is 1. The van der Waals surface area contributed by atoms with Crippen LogP contribution < -0.4 is 15.8 Å². The molecule has 3 unspecified atom stereocenters. The predicted octanol–water partition coefficient (Wildman–Crippen LogP) is 2.85. The number of ether oxygens (including phenoxy) is 1. The summed E-state index contributed by atoms with van der Waals surface area (Å²) < 4.78 is 6.58. The molecule has 21 heavy (non-hydrogen) atoms. The Morgan fingerprint density at radius 3 is 2.86 bits per heavy atom. The molecule has 5 heteroatoms. The van der Waals surface area contributed by atoms with Gasteiger partial charge in [-0.25, -0.2) is 0 Å². The van der Waals surface area contributed by atoms with Gasteiger partial charge < -0.3 is 15.8 Å². The van der Waals surface area contributed by atoms with E-state index in [4.69, 9.17) is 10.5 Å². The van der Waals surface area contributed by atoms with Gasteiger partial charge in [0.25, 0.3) is 5.91 Å². The van der Waals surface area contributed by atoms with Gasteiger partial charge in [0.2, 0.25) is 0 Å². The molecule has 0 spiro atoms. The lowest BCUT2D eigenvalue weighted by molar-refractivity contribution is -0.128. The van der Waals surface area contributed by atoms with Gasteiger partial charge in [-0.1, -0.05) is 25.0 Å². The molecule has 1 aromatic carbocycles. The Labute approximate surface area is 134 Å². The van der Waals surface area contributed by atoms with Gasteiger partial charge in [0.05, 0.1) is 4.47 Å². The van der Waals surface area contributed by atoms with E-state index < -0.39 is 6.10 Å². The smallest absolute Gasteiger partial charge is 0.261 e. The predicted molar refractivity (Wildman–Crippen MR) is 87.2 cm³/mol. The van der Waals surface area contributed by atoms with Crippen molar-refractivity contribution < 1.29 is 9.53 Å². The third-order valence-corrected chi connectivity index (χ3v) is 4.70. The summed E-state index contributed by atoms with van der Waals surface area (Å²) in [5, 5.41) is 3.10. The van der Waals surface area contributed by atoms with Crippen LogP contribution in [0.4, 0.5) is 0 Å². The largest absolute Gasteiger partial charge is 0.480 e. The summed E-state index contributed by atoms with van der Waals surface area (Å²) in [7, 11) is 0. The first-order valence-corrected chi connectivity index (χ1v) is 8.32. The number of nitrogens with one attached hydrogen (secondary N) is 1. The lowest BCUT2D eigenvalue weighted by atomic mass is 9.84. The zero-order chi connectivity index (χ0) is 15.2. The maximum atomic E-state index is 12.3. The first-order valence-electron chi connectivity index (χ1n) is 7.53. The van der Waals surface area contributed by atoms with Crippen molar-refractivity contribution in [1.82, 2.24) is 5.32 Å². The van der Waals surface area contributed by atoms with E-state index >= 15 is 0 Å². The van der Waals surface area contributed by atoms with Crippen molar-refractivity contribution in [2.45, 2.75) is 44.8 Å². The van der Waals surface area contributed by atoms with Crippen LogP contribution in [0.3, 0.4) is 0 Å². The van der Waals surface area contributed by atoms with Gasteiger partial charge in [0.1, 0.15) is 5.75 Å². The maximum Gasteiger partial charge on any atom is 0.261 e. The van der Waals surface area contributed by atoms with Crippen molar-refractivity contribution in [3.05, 3.63) is 28.7 Å². The first kappa shape index (κ1) is 16.3. The minimum atomic E-state index is -0.524. The van der Waals surface area contributed by atoms with Crippen LogP contribution >= 0.6 is 15.9 Å². The normalized spacial score (nSPS) is 23.4. The van der Waals surface area contributed by atoms with E-state index in [-0.39, 0.29) is 11.9 Å². The molecular formula is C16H23BrN2O2. The van der Waals surface area contributed by atoms with E-state index in [2.05, 4.69) is 21.2 Å². The zero-order valence-corrected chi connectivity index (χ0v) is 13.9. The molecule has 1 aliphatic rings. The van der Waals surface area contributed by atoms with Gasteiger partial charge in [-0.2, -0.15) is 0 Å². The first-order chi connectivity index (χ1) is 10.1. The average molecular weight is 355 g/mol. The van der Waals surface area contributed by atoms with E-state index in [9.17, 15) is 4.79 Å². The van der Waals surface area contributed by atoms with Crippen LogP contribution in [-0.4, -0.2) is 24.6 Å². The van der Waals surface area contributed by atoms with Crippen LogP contribution in [0.25, 0.3) is 0 Å². The highest BCUT2D eigenvalue weighted by Gasteiger charge is 2.27. The Morgan fingerprint density at radius 2 is 2.14 bits per heavy atom. The second-order valence-corrected chi connectivity index (χ2v) is 6.44. The van der Waals surface area contributed by atoms with E-state index in [0.29, 0.717) is 18.2 Å². The highest BCUT2D eigenvalue weighted by molar-refractivity contribution is 9.10.